The van der Waals surface area contributed by atoms with Crippen molar-refractivity contribution in [3.05, 3.63) is 0 Å². The standard InChI is InChI=1S/C14H25N3O2/c1-11(18)16-12-4-8-17(9-5-12)13(19)10-14(15)6-2-3-7-14/h12H,2-10,15H2,1H3,(H,16,18). The average molecular weight is 267 g/mol. The maximum absolute atomic E-state index is 12.2. The van der Waals surface area contributed by atoms with E-state index in [1.54, 1.807) is 0 Å². The van der Waals surface area contributed by atoms with Crippen molar-refractivity contribution in [2.75, 3.05) is 13.1 Å². The second-order valence-corrected chi connectivity index (χ2v) is 6.10. The van der Waals surface area contributed by atoms with Gasteiger partial charge >= 0.3 is 0 Å². The number of amides is 2. The molecule has 2 aliphatic rings. The molecule has 0 spiro atoms. The van der Waals surface area contributed by atoms with Gasteiger partial charge in [0.1, 0.15) is 0 Å². The van der Waals surface area contributed by atoms with Gasteiger partial charge in [0, 0.05) is 38.0 Å². The van der Waals surface area contributed by atoms with Crippen LogP contribution in [-0.2, 0) is 9.59 Å². The third kappa shape index (κ3) is 3.93. The number of rotatable bonds is 3. The van der Waals surface area contributed by atoms with Crippen molar-refractivity contribution in [2.24, 2.45) is 5.73 Å². The number of nitrogens with zero attached hydrogens (tertiary/aromatic N) is 1. The van der Waals surface area contributed by atoms with Crippen molar-refractivity contribution in [1.29, 1.82) is 0 Å². The molecule has 5 nitrogen and oxygen atoms in total. The molecule has 0 aromatic rings. The maximum atomic E-state index is 12.2. The molecule has 2 amide bonds. The molecule has 0 atom stereocenters. The molecule has 0 unspecified atom stereocenters. The quantitative estimate of drug-likeness (QED) is 0.793. The highest BCUT2D eigenvalue weighted by Gasteiger charge is 2.34. The van der Waals surface area contributed by atoms with Crippen LogP contribution in [0.4, 0.5) is 0 Å². The molecule has 1 aliphatic heterocycles. The highest BCUT2D eigenvalue weighted by molar-refractivity contribution is 5.77. The van der Waals surface area contributed by atoms with E-state index in [2.05, 4.69) is 5.32 Å². The Bertz CT molecular complexity index is 343. The second kappa shape index (κ2) is 5.90. The van der Waals surface area contributed by atoms with Crippen LogP contribution < -0.4 is 11.1 Å². The predicted octanol–water partition coefficient (Wildman–Crippen LogP) is 0.775. The number of nitrogens with one attached hydrogen (secondary N) is 1. The van der Waals surface area contributed by atoms with Gasteiger partial charge in [0.2, 0.25) is 11.8 Å². The zero-order valence-electron chi connectivity index (χ0n) is 11.8. The van der Waals surface area contributed by atoms with Crippen molar-refractivity contribution in [2.45, 2.75) is 63.5 Å². The SMILES string of the molecule is CC(=O)NC1CCN(C(=O)CC2(N)CCCC2)CC1. The second-order valence-electron chi connectivity index (χ2n) is 6.10. The van der Waals surface area contributed by atoms with Crippen molar-refractivity contribution < 1.29 is 9.59 Å². The van der Waals surface area contributed by atoms with E-state index in [1.165, 1.54) is 6.92 Å². The van der Waals surface area contributed by atoms with Gasteiger partial charge in [0.25, 0.3) is 0 Å². The summed E-state index contributed by atoms with van der Waals surface area (Å²) >= 11 is 0. The lowest BCUT2D eigenvalue weighted by Gasteiger charge is -2.34. The zero-order chi connectivity index (χ0) is 13.9. The number of nitrogens with two attached hydrogens (primary N) is 1. The van der Waals surface area contributed by atoms with Gasteiger partial charge in [0.15, 0.2) is 0 Å². The van der Waals surface area contributed by atoms with Crippen LogP contribution in [0.3, 0.4) is 0 Å². The van der Waals surface area contributed by atoms with Crippen LogP contribution in [0.25, 0.3) is 0 Å². The molecular formula is C14H25N3O2. The molecule has 0 radical (unpaired) electrons. The molecule has 2 rings (SSSR count). The summed E-state index contributed by atoms with van der Waals surface area (Å²) in [6.45, 7) is 3.01. The van der Waals surface area contributed by atoms with E-state index in [1.807, 2.05) is 4.90 Å². The van der Waals surface area contributed by atoms with E-state index in [0.29, 0.717) is 6.42 Å². The van der Waals surface area contributed by atoms with E-state index in [-0.39, 0.29) is 23.4 Å². The fourth-order valence-electron chi connectivity index (χ4n) is 3.23. The van der Waals surface area contributed by atoms with Crippen LogP contribution >= 0.6 is 0 Å². The molecule has 1 saturated heterocycles. The number of hydrogen-bond donors (Lipinski definition) is 2. The lowest BCUT2D eigenvalue weighted by molar-refractivity contribution is -0.133. The van der Waals surface area contributed by atoms with Gasteiger partial charge < -0.3 is 16.0 Å². The largest absolute Gasteiger partial charge is 0.353 e. The number of hydrogen-bond acceptors (Lipinski definition) is 3. The third-order valence-electron chi connectivity index (χ3n) is 4.36. The molecule has 1 saturated carbocycles. The molecule has 2 fully saturated rings. The topological polar surface area (TPSA) is 75.4 Å². The van der Waals surface area contributed by atoms with Gasteiger partial charge in [-0.05, 0) is 25.7 Å². The lowest BCUT2D eigenvalue weighted by atomic mass is 9.93. The summed E-state index contributed by atoms with van der Waals surface area (Å²) in [5, 5.41) is 2.92. The fraction of sp³-hybridized carbons (Fsp3) is 0.857. The minimum atomic E-state index is -0.258. The van der Waals surface area contributed by atoms with Crippen LogP contribution in [0.5, 0.6) is 0 Å². The molecule has 0 bridgehead atoms. The van der Waals surface area contributed by atoms with Crippen LogP contribution in [0, 0.1) is 0 Å². The molecule has 0 aromatic heterocycles. The minimum Gasteiger partial charge on any atom is -0.353 e. The van der Waals surface area contributed by atoms with E-state index < -0.39 is 0 Å². The normalized spacial score (nSPS) is 23.4. The van der Waals surface area contributed by atoms with Crippen molar-refractivity contribution in [3.63, 3.8) is 0 Å². The van der Waals surface area contributed by atoms with Gasteiger partial charge in [-0.15, -0.1) is 0 Å². The van der Waals surface area contributed by atoms with Gasteiger partial charge in [-0.25, -0.2) is 0 Å². The van der Waals surface area contributed by atoms with E-state index in [0.717, 1.165) is 51.6 Å². The Kier molecular flexibility index (Phi) is 4.45. The van der Waals surface area contributed by atoms with Crippen molar-refractivity contribution in [1.82, 2.24) is 10.2 Å². The van der Waals surface area contributed by atoms with E-state index in [9.17, 15) is 9.59 Å². The number of carbonyl (C=O) groups excluding carboxylic acids is 2. The first-order valence-electron chi connectivity index (χ1n) is 7.32. The van der Waals surface area contributed by atoms with Crippen molar-refractivity contribution in [3.8, 4) is 0 Å². The Morgan fingerprint density at radius 2 is 1.84 bits per heavy atom. The van der Waals surface area contributed by atoms with Crippen molar-refractivity contribution >= 4 is 11.8 Å². The molecular weight excluding hydrogens is 242 g/mol. The number of piperidine rings is 1. The van der Waals surface area contributed by atoms with Crippen LogP contribution in [0.1, 0.15) is 51.9 Å². The van der Waals surface area contributed by atoms with Gasteiger partial charge in [0.05, 0.1) is 0 Å². The molecule has 3 N–H and O–H groups in total. The van der Waals surface area contributed by atoms with Gasteiger partial charge in [-0.3, -0.25) is 9.59 Å². The zero-order valence-corrected chi connectivity index (χ0v) is 11.8. The molecule has 1 aliphatic carbocycles. The van der Waals surface area contributed by atoms with E-state index >= 15 is 0 Å². The first-order chi connectivity index (χ1) is 8.98. The smallest absolute Gasteiger partial charge is 0.224 e. The summed E-state index contributed by atoms with van der Waals surface area (Å²) in [7, 11) is 0. The first kappa shape index (κ1) is 14.3. The van der Waals surface area contributed by atoms with Gasteiger partial charge in [-0.1, -0.05) is 12.8 Å². The Balaban J connectivity index is 1.77. The molecule has 19 heavy (non-hydrogen) atoms. The average Bonchev–Trinajstić information content (AvgIpc) is 2.75. The molecule has 1 heterocycles. The Morgan fingerprint density at radius 3 is 2.37 bits per heavy atom. The highest BCUT2D eigenvalue weighted by atomic mass is 16.2. The summed E-state index contributed by atoms with van der Waals surface area (Å²) in [6.07, 6.45) is 6.43. The Hall–Kier alpha value is -1.10. The maximum Gasteiger partial charge on any atom is 0.224 e. The summed E-state index contributed by atoms with van der Waals surface area (Å²) in [4.78, 5) is 25.1. The highest BCUT2D eigenvalue weighted by Crippen LogP contribution is 2.30. The monoisotopic (exact) mass is 267 g/mol. The van der Waals surface area contributed by atoms with Crippen LogP contribution in [0.15, 0.2) is 0 Å². The molecule has 108 valence electrons. The van der Waals surface area contributed by atoms with Crippen LogP contribution in [0.2, 0.25) is 0 Å². The summed E-state index contributed by atoms with van der Waals surface area (Å²) in [6, 6.07) is 0.222. The number of carbonyl (C=O) groups is 2. The summed E-state index contributed by atoms with van der Waals surface area (Å²) < 4.78 is 0. The first-order valence-corrected chi connectivity index (χ1v) is 7.32. The minimum absolute atomic E-state index is 0.0108. The lowest BCUT2D eigenvalue weighted by Crippen LogP contribution is -2.49. The Labute approximate surface area is 114 Å². The summed E-state index contributed by atoms with van der Waals surface area (Å²) in [5.41, 5.74) is 6.00. The molecule has 5 heteroatoms. The third-order valence-corrected chi connectivity index (χ3v) is 4.36. The number of likely N-dealkylation sites (tertiary alicyclic amines) is 1. The fourth-order valence-corrected chi connectivity index (χ4v) is 3.23. The van der Waals surface area contributed by atoms with E-state index in [4.69, 9.17) is 5.73 Å². The predicted molar refractivity (Wildman–Crippen MR) is 73.4 cm³/mol. The van der Waals surface area contributed by atoms with Crippen LogP contribution in [-0.4, -0.2) is 41.4 Å². The molecule has 0 aromatic carbocycles. The Morgan fingerprint density at radius 1 is 1.26 bits per heavy atom. The summed E-state index contributed by atoms with van der Waals surface area (Å²) in [5.74, 6) is 0.197. The van der Waals surface area contributed by atoms with Gasteiger partial charge in [-0.2, -0.15) is 0 Å².